The van der Waals surface area contributed by atoms with Crippen LogP contribution in [0.15, 0.2) is 39.3 Å². The second-order valence-corrected chi connectivity index (χ2v) is 6.30. The molecule has 5 heteroatoms. The number of para-hydroxylation sites is 2. The van der Waals surface area contributed by atoms with E-state index in [1.165, 1.54) is 5.56 Å². The fraction of sp³-hybridized carbons (Fsp3) is 0.381. The van der Waals surface area contributed by atoms with Gasteiger partial charge in [-0.2, -0.15) is 0 Å². The first-order valence-corrected chi connectivity index (χ1v) is 8.63. The van der Waals surface area contributed by atoms with E-state index < -0.39 is 0 Å². The van der Waals surface area contributed by atoms with Crippen LogP contribution in [0.2, 0.25) is 0 Å². The van der Waals surface area contributed by atoms with Crippen molar-refractivity contribution in [3.8, 4) is 11.5 Å². The van der Waals surface area contributed by atoms with Crippen molar-refractivity contribution in [3.63, 3.8) is 0 Å². The van der Waals surface area contributed by atoms with Crippen molar-refractivity contribution in [3.05, 3.63) is 64.4 Å². The molecule has 3 aromatic rings. The zero-order chi connectivity index (χ0) is 19.3. The summed E-state index contributed by atoms with van der Waals surface area (Å²) in [5, 5.41) is 3.74. The van der Waals surface area contributed by atoms with Crippen molar-refractivity contribution in [2.75, 3.05) is 0 Å². The van der Waals surface area contributed by atoms with Crippen LogP contribution in [0.3, 0.4) is 0 Å². The molecule has 4 rings (SSSR count). The van der Waals surface area contributed by atoms with Gasteiger partial charge in [-0.25, -0.2) is 0 Å². The molecule has 1 aromatic carbocycles. The molecule has 26 heavy (non-hydrogen) atoms. The largest absolute Gasteiger partial charge is 0.466 e. The summed E-state index contributed by atoms with van der Waals surface area (Å²) in [6.07, 6.45) is -0.127. The summed E-state index contributed by atoms with van der Waals surface area (Å²) >= 11 is 0. The molecule has 0 atom stereocenters. The van der Waals surface area contributed by atoms with Crippen LogP contribution in [-0.4, -0.2) is 11.4 Å². The third-order valence-electron chi connectivity index (χ3n) is 4.11. The Bertz CT molecular complexity index is 784. The molecule has 1 aliphatic rings. The van der Waals surface area contributed by atoms with Gasteiger partial charge in [0.05, 0.1) is 5.69 Å². The molecule has 0 unspecified atom stereocenters. The maximum Gasteiger partial charge on any atom is 0.238 e. The molecule has 0 spiro atoms. The predicted octanol–water partition coefficient (Wildman–Crippen LogP) is 5.61. The lowest BCUT2D eigenvalue weighted by atomic mass is 10.2. The highest BCUT2D eigenvalue weighted by Gasteiger charge is 2.17. The Labute approximate surface area is 154 Å². The van der Waals surface area contributed by atoms with Crippen molar-refractivity contribution in [1.29, 1.82) is 0 Å². The summed E-state index contributed by atoms with van der Waals surface area (Å²) in [6.45, 7) is 13.7. The van der Waals surface area contributed by atoms with Crippen molar-refractivity contribution >= 4 is 0 Å². The van der Waals surface area contributed by atoms with Crippen LogP contribution in [0, 0.1) is 41.5 Å². The van der Waals surface area contributed by atoms with E-state index in [2.05, 4.69) is 5.16 Å². The summed E-state index contributed by atoms with van der Waals surface area (Å²) in [4.78, 5) is 0. The van der Waals surface area contributed by atoms with Gasteiger partial charge in [0.1, 0.15) is 17.3 Å². The molecule has 0 amide bonds. The van der Waals surface area contributed by atoms with Crippen molar-refractivity contribution in [2.45, 2.75) is 54.8 Å². The molecule has 0 radical (unpaired) electrons. The minimum absolute atomic E-state index is 0.127. The number of aryl methyl sites for hydroxylation is 5. The molecule has 2 aromatic heterocycles. The van der Waals surface area contributed by atoms with E-state index in [1.807, 2.05) is 78.8 Å². The molecule has 0 aliphatic carbocycles. The summed E-state index contributed by atoms with van der Waals surface area (Å²) in [5.41, 5.74) is 3.38. The van der Waals surface area contributed by atoms with E-state index in [0.29, 0.717) is 0 Å². The summed E-state index contributed by atoms with van der Waals surface area (Å²) in [5.74, 6) is 4.63. The summed E-state index contributed by atoms with van der Waals surface area (Å²) in [7, 11) is 0. The molecule has 0 saturated carbocycles. The number of aromatic nitrogens is 1. The maximum absolute atomic E-state index is 5.28. The number of nitrogens with zero attached hydrogens (tertiary/aromatic N) is 1. The smallest absolute Gasteiger partial charge is 0.238 e. The first kappa shape index (κ1) is 19.6. The fourth-order valence-electron chi connectivity index (χ4n) is 2.31. The predicted molar refractivity (Wildman–Crippen MR) is 101 cm³/mol. The standard InChI is InChI=1S/C8H8O2.C7H10O.C6H9NO/c1-6-9-7-4-2-3-5-8(7)10-6;1-5-4-6(2)8-7(5)3;1-4-5(2)7-8-6(4)3/h2-6H,1H3;4H,1-3H3;1-3H3. The van der Waals surface area contributed by atoms with Crippen LogP contribution in [0.25, 0.3) is 0 Å². The second-order valence-electron chi connectivity index (χ2n) is 6.30. The lowest BCUT2D eigenvalue weighted by Crippen LogP contribution is -2.11. The van der Waals surface area contributed by atoms with Gasteiger partial charge >= 0.3 is 0 Å². The van der Waals surface area contributed by atoms with Gasteiger partial charge in [0.15, 0.2) is 11.5 Å². The minimum Gasteiger partial charge on any atom is -0.466 e. The third-order valence-corrected chi connectivity index (χ3v) is 4.11. The van der Waals surface area contributed by atoms with Crippen molar-refractivity contribution in [2.24, 2.45) is 0 Å². The Morgan fingerprint density at radius 1 is 0.846 bits per heavy atom. The molecule has 0 N–H and O–H groups in total. The maximum atomic E-state index is 5.28. The molecule has 0 fully saturated rings. The van der Waals surface area contributed by atoms with Crippen molar-refractivity contribution < 1.29 is 18.4 Å². The quantitative estimate of drug-likeness (QED) is 0.523. The van der Waals surface area contributed by atoms with Gasteiger partial charge in [-0.3, -0.25) is 0 Å². The van der Waals surface area contributed by atoms with E-state index >= 15 is 0 Å². The Morgan fingerprint density at radius 3 is 1.69 bits per heavy atom. The highest BCUT2D eigenvalue weighted by atomic mass is 16.7. The van der Waals surface area contributed by atoms with Crippen LogP contribution in [0.4, 0.5) is 0 Å². The van der Waals surface area contributed by atoms with E-state index in [1.54, 1.807) is 0 Å². The topological polar surface area (TPSA) is 57.6 Å². The summed E-state index contributed by atoms with van der Waals surface area (Å²) in [6, 6.07) is 9.70. The number of fused-ring (bicyclic) bond motifs is 1. The van der Waals surface area contributed by atoms with Gasteiger partial charge in [0.25, 0.3) is 0 Å². The van der Waals surface area contributed by atoms with Crippen LogP contribution in [0.1, 0.15) is 41.0 Å². The molecule has 0 bridgehead atoms. The first-order chi connectivity index (χ1) is 12.3. The zero-order valence-electron chi connectivity index (χ0n) is 16.5. The normalized spacial score (nSPS) is 12.1. The average Bonchev–Trinajstić information content (AvgIpc) is 3.21. The summed E-state index contributed by atoms with van der Waals surface area (Å²) < 4.78 is 20.6. The van der Waals surface area contributed by atoms with E-state index in [4.69, 9.17) is 18.4 Å². The van der Waals surface area contributed by atoms with Crippen LogP contribution >= 0.6 is 0 Å². The van der Waals surface area contributed by atoms with E-state index in [-0.39, 0.29) is 6.29 Å². The zero-order valence-corrected chi connectivity index (χ0v) is 16.5. The highest BCUT2D eigenvalue weighted by molar-refractivity contribution is 5.41. The van der Waals surface area contributed by atoms with E-state index in [0.717, 1.165) is 40.0 Å². The molecular formula is C21H27NO4. The number of ether oxygens (including phenoxy) is 2. The number of rotatable bonds is 0. The second kappa shape index (κ2) is 8.61. The monoisotopic (exact) mass is 357 g/mol. The van der Waals surface area contributed by atoms with E-state index in [9.17, 15) is 0 Å². The van der Waals surface area contributed by atoms with Gasteiger partial charge in [-0.15, -0.1) is 0 Å². The van der Waals surface area contributed by atoms with Crippen molar-refractivity contribution in [1.82, 2.24) is 5.16 Å². The number of benzene rings is 1. The Hall–Kier alpha value is -2.69. The van der Waals surface area contributed by atoms with Gasteiger partial charge in [-0.1, -0.05) is 17.3 Å². The highest BCUT2D eigenvalue weighted by Crippen LogP contribution is 2.33. The average molecular weight is 357 g/mol. The number of hydrogen-bond acceptors (Lipinski definition) is 5. The van der Waals surface area contributed by atoms with Gasteiger partial charge in [-0.05, 0) is 65.3 Å². The Balaban J connectivity index is 0.000000142. The van der Waals surface area contributed by atoms with Gasteiger partial charge in [0, 0.05) is 12.5 Å². The molecule has 5 nitrogen and oxygen atoms in total. The number of hydrogen-bond donors (Lipinski definition) is 0. The lowest BCUT2D eigenvalue weighted by Gasteiger charge is -1.99. The van der Waals surface area contributed by atoms with Crippen LogP contribution < -0.4 is 9.47 Å². The van der Waals surface area contributed by atoms with Crippen LogP contribution in [0.5, 0.6) is 11.5 Å². The Morgan fingerprint density at radius 2 is 1.42 bits per heavy atom. The SMILES string of the molecule is CC1Oc2ccccc2O1.Cc1cc(C)c(C)o1.Cc1noc(C)c1C. The molecular weight excluding hydrogens is 330 g/mol. The minimum atomic E-state index is -0.127. The van der Waals surface area contributed by atoms with Gasteiger partial charge < -0.3 is 18.4 Å². The molecule has 140 valence electrons. The van der Waals surface area contributed by atoms with Crippen LogP contribution in [-0.2, 0) is 0 Å². The number of furan rings is 1. The van der Waals surface area contributed by atoms with Gasteiger partial charge in [0.2, 0.25) is 6.29 Å². The lowest BCUT2D eigenvalue weighted by molar-refractivity contribution is 0.0678. The third kappa shape index (κ3) is 5.15. The first-order valence-electron chi connectivity index (χ1n) is 8.63. The Kier molecular flexibility index (Phi) is 6.50. The molecule has 3 heterocycles. The molecule has 1 aliphatic heterocycles. The fourth-order valence-corrected chi connectivity index (χ4v) is 2.31. The molecule has 0 saturated heterocycles.